The summed E-state index contributed by atoms with van der Waals surface area (Å²) in [5, 5.41) is 11.7. The summed E-state index contributed by atoms with van der Waals surface area (Å²) < 4.78 is 17.2. The van der Waals surface area contributed by atoms with Crippen LogP contribution >= 0.6 is 0 Å². The summed E-state index contributed by atoms with van der Waals surface area (Å²) in [5.74, 6) is 3.18. The molecule has 3 aromatic heterocycles. The molecule has 0 aliphatic carbocycles. The lowest BCUT2D eigenvalue weighted by Crippen LogP contribution is -2.17. The van der Waals surface area contributed by atoms with E-state index in [1.807, 2.05) is 50.4 Å². The SMILES string of the molecule is Cc1cc(NCc2oc3cccc(OCCCNCc4cccnc4C)c3c2C)no1. The molecule has 4 rings (SSSR count). The number of aryl methyl sites for hydroxylation is 3. The van der Waals surface area contributed by atoms with Crippen LogP contribution in [0.4, 0.5) is 5.82 Å². The molecule has 0 aliphatic rings. The van der Waals surface area contributed by atoms with Gasteiger partial charge < -0.3 is 24.3 Å². The lowest BCUT2D eigenvalue weighted by atomic mass is 10.1. The van der Waals surface area contributed by atoms with E-state index >= 15 is 0 Å². The molecule has 0 atom stereocenters. The van der Waals surface area contributed by atoms with E-state index < -0.39 is 0 Å². The highest BCUT2D eigenvalue weighted by Crippen LogP contribution is 2.33. The zero-order valence-electron chi connectivity index (χ0n) is 18.2. The van der Waals surface area contributed by atoms with Crippen LogP contribution in [-0.2, 0) is 13.1 Å². The first-order chi connectivity index (χ1) is 15.1. The van der Waals surface area contributed by atoms with Crippen LogP contribution in [0.25, 0.3) is 11.0 Å². The fourth-order valence-electron chi connectivity index (χ4n) is 3.53. The molecule has 0 saturated heterocycles. The van der Waals surface area contributed by atoms with Gasteiger partial charge in [0.1, 0.15) is 22.9 Å². The Labute approximate surface area is 181 Å². The monoisotopic (exact) mass is 420 g/mol. The predicted molar refractivity (Wildman–Crippen MR) is 120 cm³/mol. The topological polar surface area (TPSA) is 85.4 Å². The van der Waals surface area contributed by atoms with E-state index in [2.05, 4.69) is 33.8 Å². The van der Waals surface area contributed by atoms with Crippen LogP contribution in [0, 0.1) is 20.8 Å². The molecule has 0 radical (unpaired) electrons. The third kappa shape index (κ3) is 5.06. The van der Waals surface area contributed by atoms with Gasteiger partial charge in [-0.2, -0.15) is 0 Å². The molecular weight excluding hydrogens is 392 g/mol. The van der Waals surface area contributed by atoms with Crippen LogP contribution in [0.2, 0.25) is 0 Å². The lowest BCUT2D eigenvalue weighted by molar-refractivity contribution is 0.311. The molecule has 2 N–H and O–H groups in total. The number of hydrogen-bond acceptors (Lipinski definition) is 7. The normalized spacial score (nSPS) is 11.2. The van der Waals surface area contributed by atoms with Gasteiger partial charge in [-0.25, -0.2) is 0 Å². The first-order valence-electron chi connectivity index (χ1n) is 10.5. The Hall–Kier alpha value is -3.32. The van der Waals surface area contributed by atoms with Crippen LogP contribution in [-0.4, -0.2) is 23.3 Å². The number of nitrogens with one attached hydrogen (secondary N) is 2. The molecule has 3 heterocycles. The zero-order chi connectivity index (χ0) is 21.6. The Bertz CT molecular complexity index is 1150. The van der Waals surface area contributed by atoms with Crippen LogP contribution < -0.4 is 15.4 Å². The van der Waals surface area contributed by atoms with Crippen LogP contribution in [0.3, 0.4) is 0 Å². The Morgan fingerprint density at radius 2 is 1.97 bits per heavy atom. The van der Waals surface area contributed by atoms with Gasteiger partial charge in [0, 0.05) is 30.1 Å². The molecular formula is C24H28N4O3. The van der Waals surface area contributed by atoms with E-state index in [0.717, 1.165) is 59.0 Å². The summed E-state index contributed by atoms with van der Waals surface area (Å²) in [4.78, 5) is 4.32. The molecule has 1 aromatic carbocycles. The molecule has 162 valence electrons. The average Bonchev–Trinajstić information content (AvgIpc) is 3.33. The Morgan fingerprint density at radius 1 is 1.06 bits per heavy atom. The van der Waals surface area contributed by atoms with Crippen molar-refractivity contribution in [3.63, 3.8) is 0 Å². The highest BCUT2D eigenvalue weighted by molar-refractivity contribution is 5.88. The minimum atomic E-state index is 0.531. The molecule has 0 unspecified atom stereocenters. The standard InChI is InChI=1S/C24H28N4O3/c1-16-13-23(28-31-16)27-15-22-17(2)24-20(8-4-9-21(24)30-22)29-12-6-10-25-14-19-7-5-11-26-18(19)3/h4-5,7-9,11,13,25H,6,10,12,14-15H2,1-3H3,(H,27,28). The second-order valence-electron chi connectivity index (χ2n) is 7.58. The van der Waals surface area contributed by atoms with Crippen molar-refractivity contribution in [3.8, 4) is 5.75 Å². The molecule has 0 bridgehead atoms. The molecule has 31 heavy (non-hydrogen) atoms. The van der Waals surface area contributed by atoms with E-state index in [9.17, 15) is 0 Å². The van der Waals surface area contributed by atoms with E-state index in [0.29, 0.717) is 19.0 Å². The Morgan fingerprint density at radius 3 is 2.77 bits per heavy atom. The van der Waals surface area contributed by atoms with Gasteiger partial charge in [-0.05, 0) is 57.5 Å². The van der Waals surface area contributed by atoms with Crippen molar-refractivity contribution in [2.45, 2.75) is 40.3 Å². The van der Waals surface area contributed by atoms with Crippen molar-refractivity contribution in [3.05, 3.63) is 70.9 Å². The number of pyridine rings is 1. The Kier molecular flexibility index (Phi) is 6.52. The van der Waals surface area contributed by atoms with Crippen molar-refractivity contribution in [2.75, 3.05) is 18.5 Å². The maximum absolute atomic E-state index is 6.10. The van der Waals surface area contributed by atoms with Crippen molar-refractivity contribution in [1.82, 2.24) is 15.5 Å². The fraction of sp³-hybridized carbons (Fsp3) is 0.333. The van der Waals surface area contributed by atoms with Crippen molar-refractivity contribution >= 4 is 16.8 Å². The van der Waals surface area contributed by atoms with Gasteiger partial charge in [0.15, 0.2) is 5.82 Å². The number of anilines is 1. The number of nitrogens with zero attached hydrogens (tertiary/aromatic N) is 2. The second kappa shape index (κ2) is 9.66. The van der Waals surface area contributed by atoms with Gasteiger partial charge in [-0.3, -0.25) is 4.98 Å². The van der Waals surface area contributed by atoms with Crippen LogP contribution in [0.15, 0.2) is 51.5 Å². The molecule has 7 nitrogen and oxygen atoms in total. The van der Waals surface area contributed by atoms with Crippen molar-refractivity contribution in [2.24, 2.45) is 0 Å². The quantitative estimate of drug-likeness (QED) is 0.353. The summed E-state index contributed by atoms with van der Waals surface area (Å²) in [5.41, 5.74) is 4.19. The van der Waals surface area contributed by atoms with Crippen LogP contribution in [0.1, 0.15) is 34.8 Å². The van der Waals surface area contributed by atoms with Crippen molar-refractivity contribution < 1.29 is 13.7 Å². The number of hydrogen-bond donors (Lipinski definition) is 2. The van der Waals surface area contributed by atoms with Crippen molar-refractivity contribution in [1.29, 1.82) is 0 Å². The van der Waals surface area contributed by atoms with Gasteiger partial charge in [0.2, 0.25) is 0 Å². The maximum Gasteiger partial charge on any atom is 0.169 e. The number of fused-ring (bicyclic) bond motifs is 1. The first-order valence-corrected chi connectivity index (χ1v) is 10.5. The number of furan rings is 1. The summed E-state index contributed by atoms with van der Waals surface area (Å²) >= 11 is 0. The van der Waals surface area contributed by atoms with E-state index in [-0.39, 0.29) is 0 Å². The first kappa shape index (κ1) is 20.9. The smallest absolute Gasteiger partial charge is 0.169 e. The van der Waals surface area contributed by atoms with E-state index in [1.165, 1.54) is 5.56 Å². The largest absolute Gasteiger partial charge is 0.493 e. The summed E-state index contributed by atoms with van der Waals surface area (Å²) in [6.45, 7) is 8.81. The van der Waals surface area contributed by atoms with Gasteiger partial charge in [0.05, 0.1) is 18.5 Å². The highest BCUT2D eigenvalue weighted by Gasteiger charge is 2.15. The minimum Gasteiger partial charge on any atom is -0.493 e. The predicted octanol–water partition coefficient (Wildman–Crippen LogP) is 4.91. The molecule has 4 aromatic rings. The molecule has 7 heteroatoms. The zero-order valence-corrected chi connectivity index (χ0v) is 18.2. The van der Waals surface area contributed by atoms with Gasteiger partial charge in [-0.15, -0.1) is 0 Å². The average molecular weight is 421 g/mol. The van der Waals surface area contributed by atoms with Crippen LogP contribution in [0.5, 0.6) is 5.75 Å². The molecule has 0 amide bonds. The molecule has 0 saturated carbocycles. The summed E-state index contributed by atoms with van der Waals surface area (Å²) in [6, 6.07) is 11.9. The molecule has 0 aliphatic heterocycles. The summed E-state index contributed by atoms with van der Waals surface area (Å²) in [7, 11) is 0. The minimum absolute atomic E-state index is 0.531. The fourth-order valence-corrected chi connectivity index (χ4v) is 3.53. The third-order valence-corrected chi connectivity index (χ3v) is 5.26. The number of ether oxygens (including phenoxy) is 1. The highest BCUT2D eigenvalue weighted by atomic mass is 16.5. The second-order valence-corrected chi connectivity index (χ2v) is 7.58. The van der Waals surface area contributed by atoms with Gasteiger partial charge in [0.25, 0.3) is 0 Å². The molecule has 0 spiro atoms. The number of rotatable bonds is 10. The third-order valence-electron chi connectivity index (χ3n) is 5.26. The maximum atomic E-state index is 6.10. The van der Waals surface area contributed by atoms with Gasteiger partial charge in [-0.1, -0.05) is 17.3 Å². The number of benzene rings is 1. The number of aromatic nitrogens is 2. The van der Waals surface area contributed by atoms with E-state index in [4.69, 9.17) is 13.7 Å². The lowest BCUT2D eigenvalue weighted by Gasteiger charge is -2.09. The Balaban J connectivity index is 1.31. The van der Waals surface area contributed by atoms with Gasteiger partial charge >= 0.3 is 0 Å². The van der Waals surface area contributed by atoms with E-state index in [1.54, 1.807) is 0 Å². The summed E-state index contributed by atoms with van der Waals surface area (Å²) in [6.07, 6.45) is 2.73. The molecule has 0 fully saturated rings.